The molecule has 3 aromatic carbocycles. The van der Waals surface area contributed by atoms with Crippen molar-refractivity contribution in [1.29, 1.82) is 0 Å². The summed E-state index contributed by atoms with van der Waals surface area (Å²) >= 11 is 0. The number of morpholine rings is 1. The van der Waals surface area contributed by atoms with Crippen LogP contribution < -0.4 is 14.2 Å². The Morgan fingerprint density at radius 2 is 1.65 bits per heavy atom. The Balaban J connectivity index is 1.16. The molecule has 0 radical (unpaired) electrons. The van der Waals surface area contributed by atoms with E-state index < -0.39 is 0 Å². The van der Waals surface area contributed by atoms with Gasteiger partial charge in [-0.05, 0) is 30.3 Å². The molecule has 0 spiro atoms. The van der Waals surface area contributed by atoms with Crippen LogP contribution >= 0.6 is 0 Å². The molecule has 4 aromatic rings. The summed E-state index contributed by atoms with van der Waals surface area (Å²) < 4.78 is 23.1. The van der Waals surface area contributed by atoms with E-state index in [9.17, 15) is 4.79 Å². The number of aromatic nitrogens is 1. The van der Waals surface area contributed by atoms with Crippen LogP contribution in [0.25, 0.3) is 21.8 Å². The van der Waals surface area contributed by atoms with Crippen molar-refractivity contribution in [3.63, 3.8) is 0 Å². The molecule has 1 aliphatic heterocycles. The molecule has 1 fully saturated rings. The predicted molar refractivity (Wildman–Crippen MR) is 131 cm³/mol. The van der Waals surface area contributed by atoms with Crippen molar-refractivity contribution in [2.75, 3.05) is 40.0 Å². The number of nitrogens with zero attached hydrogens (tertiary/aromatic N) is 1. The van der Waals surface area contributed by atoms with Gasteiger partial charge < -0.3 is 28.8 Å². The number of hydrogen-bond acceptors (Lipinski definition) is 5. The van der Waals surface area contributed by atoms with E-state index in [4.69, 9.17) is 18.9 Å². The van der Waals surface area contributed by atoms with Crippen LogP contribution in [0.3, 0.4) is 0 Å². The molecule has 0 bridgehead atoms. The van der Waals surface area contributed by atoms with Gasteiger partial charge in [-0.15, -0.1) is 0 Å². The van der Waals surface area contributed by atoms with Gasteiger partial charge in [-0.3, -0.25) is 4.79 Å². The van der Waals surface area contributed by atoms with Crippen molar-refractivity contribution in [1.82, 2.24) is 9.88 Å². The van der Waals surface area contributed by atoms with Gasteiger partial charge in [0.05, 0.1) is 31.9 Å². The highest BCUT2D eigenvalue weighted by Gasteiger charge is 2.26. The number of ether oxygens (including phenoxy) is 4. The Kier molecular flexibility index (Phi) is 6.53. The van der Waals surface area contributed by atoms with Crippen molar-refractivity contribution < 1.29 is 23.7 Å². The third kappa shape index (κ3) is 4.65. The molecule has 176 valence electrons. The van der Waals surface area contributed by atoms with Gasteiger partial charge in [0.1, 0.15) is 19.0 Å². The monoisotopic (exact) mass is 460 g/mol. The van der Waals surface area contributed by atoms with Crippen molar-refractivity contribution >= 4 is 27.7 Å². The van der Waals surface area contributed by atoms with E-state index in [0.717, 1.165) is 27.6 Å². The smallest absolute Gasteiger partial charge is 0.248 e. The van der Waals surface area contributed by atoms with E-state index in [2.05, 4.69) is 23.2 Å². The van der Waals surface area contributed by atoms with E-state index in [0.29, 0.717) is 44.2 Å². The second-order valence-electron chi connectivity index (χ2n) is 8.26. The van der Waals surface area contributed by atoms with Crippen molar-refractivity contribution in [2.24, 2.45) is 0 Å². The third-order valence-corrected chi connectivity index (χ3v) is 6.10. The molecule has 7 heteroatoms. The quantitative estimate of drug-likeness (QED) is 0.401. The number of nitrogens with one attached hydrogen (secondary N) is 1. The van der Waals surface area contributed by atoms with E-state index in [-0.39, 0.29) is 18.6 Å². The standard InChI is InChI=1S/C27H28N2O5/c1-31-23-10-4-5-11-24(23)33-16-14-29-17-19(34-18-26(29)30)13-15-32-25-12-6-9-22-27(25)20-7-2-3-8-21(20)28-22/h2-12,19,28H,13-18H2,1H3/t19-/m0/s1. The Labute approximate surface area is 198 Å². The van der Waals surface area contributed by atoms with E-state index >= 15 is 0 Å². The Morgan fingerprint density at radius 1 is 0.912 bits per heavy atom. The fraction of sp³-hybridized carbons (Fsp3) is 0.296. The molecule has 1 N–H and O–H groups in total. The molecule has 1 atom stereocenters. The van der Waals surface area contributed by atoms with Gasteiger partial charge in [-0.1, -0.05) is 36.4 Å². The number of methoxy groups -OCH3 is 1. The summed E-state index contributed by atoms with van der Waals surface area (Å²) in [5, 5.41) is 2.24. The molecule has 1 aliphatic rings. The number of H-pyrrole nitrogens is 1. The molecule has 7 nitrogen and oxygen atoms in total. The topological polar surface area (TPSA) is 73.0 Å². The first-order chi connectivity index (χ1) is 16.7. The minimum atomic E-state index is -0.0777. The number of amides is 1. The van der Waals surface area contributed by atoms with Gasteiger partial charge in [0.15, 0.2) is 11.5 Å². The Hall–Kier alpha value is -3.71. The average molecular weight is 461 g/mol. The molecule has 2 heterocycles. The molecule has 0 aliphatic carbocycles. The zero-order valence-corrected chi connectivity index (χ0v) is 19.2. The van der Waals surface area contributed by atoms with E-state index in [1.54, 1.807) is 12.0 Å². The van der Waals surface area contributed by atoms with Gasteiger partial charge in [-0.2, -0.15) is 0 Å². The van der Waals surface area contributed by atoms with Gasteiger partial charge in [0, 0.05) is 29.3 Å². The van der Waals surface area contributed by atoms with Gasteiger partial charge >= 0.3 is 0 Å². The first-order valence-electron chi connectivity index (χ1n) is 11.5. The van der Waals surface area contributed by atoms with Crippen LogP contribution in [0, 0.1) is 0 Å². The molecule has 0 unspecified atom stereocenters. The summed E-state index contributed by atoms with van der Waals surface area (Å²) in [5.74, 6) is 2.17. The highest BCUT2D eigenvalue weighted by molar-refractivity contribution is 6.10. The lowest BCUT2D eigenvalue weighted by Gasteiger charge is -2.32. The van der Waals surface area contributed by atoms with E-state index in [1.807, 2.05) is 48.5 Å². The second kappa shape index (κ2) is 10.1. The number of hydrogen-bond donors (Lipinski definition) is 1. The van der Waals surface area contributed by atoms with Crippen molar-refractivity contribution in [3.8, 4) is 17.2 Å². The van der Waals surface area contributed by atoms with Crippen molar-refractivity contribution in [3.05, 3.63) is 66.7 Å². The zero-order valence-electron chi connectivity index (χ0n) is 19.2. The first kappa shape index (κ1) is 22.1. The maximum atomic E-state index is 12.3. The molecule has 0 saturated carbocycles. The maximum Gasteiger partial charge on any atom is 0.248 e. The zero-order chi connectivity index (χ0) is 23.3. The Bertz CT molecular complexity index is 1280. The lowest BCUT2D eigenvalue weighted by atomic mass is 10.1. The summed E-state index contributed by atoms with van der Waals surface area (Å²) in [6, 6.07) is 21.8. The number of aromatic amines is 1. The fourth-order valence-corrected chi connectivity index (χ4v) is 4.36. The number of carbonyl (C=O) groups excluding carboxylic acids is 1. The average Bonchev–Trinajstić information content (AvgIpc) is 3.25. The molecule has 1 aromatic heterocycles. The summed E-state index contributed by atoms with van der Waals surface area (Å²) in [6.45, 7) is 1.99. The molecular weight excluding hydrogens is 432 g/mol. The van der Waals surface area contributed by atoms with Gasteiger partial charge in [0.2, 0.25) is 5.91 Å². The maximum absolute atomic E-state index is 12.3. The number of fused-ring (bicyclic) bond motifs is 3. The lowest BCUT2D eigenvalue weighted by Crippen LogP contribution is -2.48. The molecule has 1 saturated heterocycles. The highest BCUT2D eigenvalue weighted by atomic mass is 16.5. The van der Waals surface area contributed by atoms with Gasteiger partial charge in [0.25, 0.3) is 0 Å². The van der Waals surface area contributed by atoms with Crippen LogP contribution in [0.5, 0.6) is 17.2 Å². The minimum absolute atomic E-state index is 0.0237. The minimum Gasteiger partial charge on any atom is -0.493 e. The van der Waals surface area contributed by atoms with Gasteiger partial charge in [-0.25, -0.2) is 0 Å². The normalized spacial score (nSPS) is 16.2. The number of para-hydroxylation sites is 3. The number of rotatable bonds is 9. The van der Waals surface area contributed by atoms with Crippen LogP contribution in [-0.4, -0.2) is 61.9 Å². The van der Waals surface area contributed by atoms with Crippen LogP contribution in [-0.2, 0) is 9.53 Å². The Morgan fingerprint density at radius 3 is 2.53 bits per heavy atom. The summed E-state index contributed by atoms with van der Waals surface area (Å²) in [7, 11) is 1.61. The van der Waals surface area contributed by atoms with Crippen LogP contribution in [0.15, 0.2) is 66.7 Å². The van der Waals surface area contributed by atoms with Crippen molar-refractivity contribution in [2.45, 2.75) is 12.5 Å². The second-order valence-corrected chi connectivity index (χ2v) is 8.26. The lowest BCUT2D eigenvalue weighted by molar-refractivity contribution is -0.150. The van der Waals surface area contributed by atoms with Crippen LogP contribution in [0.2, 0.25) is 0 Å². The summed E-state index contributed by atoms with van der Waals surface area (Å²) in [5.41, 5.74) is 2.15. The predicted octanol–water partition coefficient (Wildman–Crippen LogP) is 4.41. The molecule has 1 amide bonds. The highest BCUT2D eigenvalue weighted by Crippen LogP contribution is 2.33. The SMILES string of the molecule is COc1ccccc1OCCN1C[C@H](CCOc2cccc3[nH]c4ccccc4c23)OCC1=O. The summed E-state index contributed by atoms with van der Waals surface area (Å²) in [4.78, 5) is 17.6. The first-order valence-corrected chi connectivity index (χ1v) is 11.5. The molecular formula is C27H28N2O5. The molecule has 5 rings (SSSR count). The van der Waals surface area contributed by atoms with E-state index in [1.165, 1.54) is 0 Å². The largest absolute Gasteiger partial charge is 0.493 e. The fourth-order valence-electron chi connectivity index (χ4n) is 4.36. The molecule has 34 heavy (non-hydrogen) atoms. The number of carbonyl (C=O) groups is 1. The summed E-state index contributed by atoms with van der Waals surface area (Å²) in [6.07, 6.45) is 0.613. The van der Waals surface area contributed by atoms with Crippen LogP contribution in [0.4, 0.5) is 0 Å². The third-order valence-electron chi connectivity index (χ3n) is 6.10. The number of benzene rings is 3. The van der Waals surface area contributed by atoms with Crippen LogP contribution in [0.1, 0.15) is 6.42 Å².